The zero-order valence-corrected chi connectivity index (χ0v) is 18.5. The molecular weight excluding hydrogens is 400 g/mol. The first-order valence-corrected chi connectivity index (χ1v) is 10.8. The number of ether oxygens (including phenoxy) is 2. The average molecular weight is 424 g/mol. The van der Waals surface area contributed by atoms with Crippen molar-refractivity contribution in [2.24, 2.45) is 7.05 Å². The van der Waals surface area contributed by atoms with E-state index in [1.165, 1.54) is 30.8 Å². The van der Waals surface area contributed by atoms with Gasteiger partial charge in [0.25, 0.3) is 5.01 Å². The average Bonchev–Trinajstić information content (AvgIpc) is 3.23. The first kappa shape index (κ1) is 19.6. The Labute approximate surface area is 179 Å². The van der Waals surface area contributed by atoms with Crippen LogP contribution in [0.5, 0.6) is 11.5 Å². The SMILES string of the molecule is COc1ccc2c(c1)SC(=CC=CC=Cc1sc3cc(OC)ccc3[n+]1C)N2C. The minimum absolute atomic E-state index is 0.887. The van der Waals surface area contributed by atoms with E-state index < -0.39 is 0 Å². The number of rotatable bonds is 5. The number of aryl methyl sites for hydroxylation is 1. The third kappa shape index (κ3) is 3.91. The van der Waals surface area contributed by atoms with Crippen molar-refractivity contribution in [3.05, 3.63) is 70.7 Å². The predicted octanol–water partition coefficient (Wildman–Crippen LogP) is 5.40. The van der Waals surface area contributed by atoms with Crippen LogP contribution in [0.3, 0.4) is 0 Å². The Morgan fingerprint density at radius 3 is 2.52 bits per heavy atom. The van der Waals surface area contributed by atoms with Crippen LogP contribution in [0.1, 0.15) is 5.01 Å². The second-order valence-corrected chi connectivity index (χ2v) is 8.70. The molecule has 1 aromatic heterocycles. The van der Waals surface area contributed by atoms with Gasteiger partial charge in [-0.05, 0) is 30.3 Å². The Morgan fingerprint density at radius 1 is 0.966 bits per heavy atom. The highest BCUT2D eigenvalue weighted by atomic mass is 32.2. The summed E-state index contributed by atoms with van der Waals surface area (Å²) in [6, 6.07) is 12.4. The maximum atomic E-state index is 5.33. The number of nitrogens with zero attached hydrogens (tertiary/aromatic N) is 2. The Bertz CT molecular complexity index is 1150. The van der Waals surface area contributed by atoms with Crippen LogP contribution < -0.4 is 18.9 Å². The minimum Gasteiger partial charge on any atom is -0.497 e. The Hall–Kier alpha value is -2.70. The largest absolute Gasteiger partial charge is 0.497 e. The molecule has 0 saturated heterocycles. The van der Waals surface area contributed by atoms with E-state index in [-0.39, 0.29) is 0 Å². The number of thioether (sulfide) groups is 1. The number of hydrogen-bond acceptors (Lipinski definition) is 5. The van der Waals surface area contributed by atoms with Gasteiger partial charge in [0.05, 0.1) is 24.9 Å². The van der Waals surface area contributed by atoms with Crippen LogP contribution in [0, 0.1) is 0 Å². The molecule has 0 unspecified atom stereocenters. The van der Waals surface area contributed by atoms with Crippen LogP contribution in [-0.4, -0.2) is 21.3 Å². The van der Waals surface area contributed by atoms with Crippen LogP contribution in [0.15, 0.2) is 70.6 Å². The van der Waals surface area contributed by atoms with E-state index in [1.54, 1.807) is 37.3 Å². The van der Waals surface area contributed by atoms with E-state index in [9.17, 15) is 0 Å². The van der Waals surface area contributed by atoms with Crippen LogP contribution in [0.4, 0.5) is 5.69 Å². The van der Waals surface area contributed by atoms with Crippen LogP contribution in [-0.2, 0) is 7.05 Å². The predicted molar refractivity (Wildman–Crippen MR) is 123 cm³/mol. The van der Waals surface area contributed by atoms with Crippen molar-refractivity contribution in [2.45, 2.75) is 4.90 Å². The van der Waals surface area contributed by atoms with E-state index in [2.05, 4.69) is 78.2 Å². The fourth-order valence-corrected chi connectivity index (χ4v) is 5.38. The summed E-state index contributed by atoms with van der Waals surface area (Å²) in [6.07, 6.45) is 10.5. The lowest BCUT2D eigenvalue weighted by Gasteiger charge is -2.12. The number of hydrogen-bond donors (Lipinski definition) is 0. The summed E-state index contributed by atoms with van der Waals surface area (Å²) >= 11 is 3.51. The molecule has 4 nitrogen and oxygen atoms in total. The summed E-state index contributed by atoms with van der Waals surface area (Å²) in [6.45, 7) is 0. The lowest BCUT2D eigenvalue weighted by Crippen LogP contribution is -2.28. The van der Waals surface area contributed by atoms with Crippen molar-refractivity contribution in [3.63, 3.8) is 0 Å². The lowest BCUT2D eigenvalue weighted by atomic mass is 10.3. The highest BCUT2D eigenvalue weighted by Gasteiger charge is 2.21. The summed E-state index contributed by atoms with van der Waals surface area (Å²) in [5.41, 5.74) is 2.41. The summed E-state index contributed by atoms with van der Waals surface area (Å²) in [7, 11) is 7.58. The van der Waals surface area contributed by atoms with Gasteiger partial charge in [-0.15, -0.1) is 0 Å². The Balaban J connectivity index is 1.47. The second kappa shape index (κ2) is 8.35. The van der Waals surface area contributed by atoms with Gasteiger partial charge in [0.1, 0.15) is 23.2 Å². The highest BCUT2D eigenvalue weighted by Crippen LogP contribution is 2.46. The number of benzene rings is 2. The van der Waals surface area contributed by atoms with Gasteiger partial charge < -0.3 is 14.4 Å². The van der Waals surface area contributed by atoms with Crippen LogP contribution in [0.2, 0.25) is 0 Å². The molecule has 2 heterocycles. The molecule has 1 aliphatic rings. The fourth-order valence-electron chi connectivity index (χ4n) is 3.19. The molecule has 0 N–H and O–H groups in total. The van der Waals surface area contributed by atoms with Crippen molar-refractivity contribution >= 4 is 45.1 Å². The molecule has 29 heavy (non-hydrogen) atoms. The number of anilines is 1. The van der Waals surface area contributed by atoms with Gasteiger partial charge in [-0.2, -0.15) is 4.57 Å². The van der Waals surface area contributed by atoms with Gasteiger partial charge in [0.2, 0.25) is 5.52 Å². The summed E-state index contributed by atoms with van der Waals surface area (Å²) in [5.74, 6) is 1.77. The second-order valence-electron chi connectivity index (χ2n) is 6.58. The molecule has 148 valence electrons. The number of aromatic nitrogens is 1. The molecule has 6 heteroatoms. The number of methoxy groups -OCH3 is 2. The van der Waals surface area contributed by atoms with Crippen molar-refractivity contribution in [1.29, 1.82) is 0 Å². The molecule has 3 aromatic rings. The van der Waals surface area contributed by atoms with Crippen molar-refractivity contribution in [3.8, 4) is 11.5 Å². The maximum absolute atomic E-state index is 5.33. The molecule has 0 atom stereocenters. The van der Waals surface area contributed by atoms with Crippen LogP contribution >= 0.6 is 23.1 Å². The third-order valence-corrected chi connectivity index (χ3v) is 7.18. The standard InChI is InChI=1S/C23H23N2O2S2/c1-24-18-12-10-16(26-3)14-20(18)28-22(24)8-6-5-7-9-23-25(2)19-13-11-17(27-4)15-21(19)29-23/h5-15H,1-4H3/q+1. The summed E-state index contributed by atoms with van der Waals surface area (Å²) in [4.78, 5) is 3.42. The summed E-state index contributed by atoms with van der Waals surface area (Å²) in [5, 5.41) is 2.38. The van der Waals surface area contributed by atoms with E-state index in [1.807, 2.05) is 12.1 Å². The molecule has 0 amide bonds. The molecule has 4 rings (SSSR count). The van der Waals surface area contributed by atoms with Gasteiger partial charge in [-0.3, -0.25) is 0 Å². The molecule has 0 bridgehead atoms. The number of allylic oxidation sites excluding steroid dienone is 4. The fraction of sp³-hybridized carbons (Fsp3) is 0.174. The molecule has 0 radical (unpaired) electrons. The Morgan fingerprint density at radius 2 is 1.72 bits per heavy atom. The van der Waals surface area contributed by atoms with E-state index >= 15 is 0 Å². The summed E-state index contributed by atoms with van der Waals surface area (Å²) < 4.78 is 14.1. The van der Waals surface area contributed by atoms with Crippen molar-refractivity contribution in [2.75, 3.05) is 26.2 Å². The maximum Gasteiger partial charge on any atom is 0.262 e. The highest BCUT2D eigenvalue weighted by molar-refractivity contribution is 8.03. The number of thiazole rings is 1. The van der Waals surface area contributed by atoms with Crippen LogP contribution in [0.25, 0.3) is 16.3 Å². The van der Waals surface area contributed by atoms with Gasteiger partial charge in [-0.1, -0.05) is 41.3 Å². The van der Waals surface area contributed by atoms with Gasteiger partial charge in [0, 0.05) is 30.2 Å². The topological polar surface area (TPSA) is 25.6 Å². The van der Waals surface area contributed by atoms with Gasteiger partial charge in [0.15, 0.2) is 0 Å². The third-order valence-electron chi connectivity index (χ3n) is 4.85. The monoisotopic (exact) mass is 423 g/mol. The quantitative estimate of drug-likeness (QED) is 0.406. The smallest absolute Gasteiger partial charge is 0.262 e. The molecular formula is C23H23N2O2S2+. The molecule has 1 aliphatic heterocycles. The molecule has 0 fully saturated rings. The van der Waals surface area contributed by atoms with E-state index in [0.29, 0.717) is 0 Å². The normalized spacial score (nSPS) is 15.2. The van der Waals surface area contributed by atoms with Crippen molar-refractivity contribution in [1.82, 2.24) is 0 Å². The van der Waals surface area contributed by atoms with Gasteiger partial charge in [-0.25, -0.2) is 0 Å². The Kier molecular flexibility index (Phi) is 5.65. The molecule has 0 spiro atoms. The molecule has 0 saturated carbocycles. The van der Waals surface area contributed by atoms with Crippen molar-refractivity contribution < 1.29 is 14.0 Å². The molecule has 2 aromatic carbocycles. The zero-order chi connectivity index (χ0) is 20.4. The first-order chi connectivity index (χ1) is 14.1. The lowest BCUT2D eigenvalue weighted by molar-refractivity contribution is -0.642. The molecule has 0 aliphatic carbocycles. The van der Waals surface area contributed by atoms with E-state index in [0.717, 1.165) is 11.5 Å². The minimum atomic E-state index is 0.887. The zero-order valence-electron chi connectivity index (χ0n) is 16.9. The number of fused-ring (bicyclic) bond motifs is 2. The van der Waals surface area contributed by atoms with Gasteiger partial charge >= 0.3 is 0 Å². The first-order valence-electron chi connectivity index (χ1n) is 9.22. The van der Waals surface area contributed by atoms with E-state index in [4.69, 9.17) is 9.47 Å².